The summed E-state index contributed by atoms with van der Waals surface area (Å²) in [6.45, 7) is 2.92. The molecule has 0 amide bonds. The van der Waals surface area contributed by atoms with Crippen molar-refractivity contribution in [2.45, 2.75) is 24.7 Å². The lowest BCUT2D eigenvalue weighted by Crippen LogP contribution is -2.40. The number of nitrogens with zero attached hydrogens (tertiary/aromatic N) is 1. The average Bonchev–Trinajstić information content (AvgIpc) is 2.79. The number of carbonyl (C=O) groups excluding carboxylic acids is 1. The first-order chi connectivity index (χ1) is 15.7. The summed E-state index contributed by atoms with van der Waals surface area (Å²) in [7, 11) is -2.61. The molecule has 0 aromatic heterocycles. The Balaban J connectivity index is 1.86. The van der Waals surface area contributed by atoms with E-state index in [1.807, 2.05) is 4.90 Å². The third-order valence-electron chi connectivity index (χ3n) is 5.29. The Bertz CT molecular complexity index is 1150. The standard InChI is InChI=1S/C22H25ClN2O7S/c1-3-32-22(28)14-5-4-10-25(13-14)19-8-6-15(11-17(19)21(26)27)24-33(29,30)16-7-9-20(31-2)18(23)12-16/h6-9,11-12,14,24H,3-5,10,13H2,1-2H3,(H,26,27)/t14-/m0/s1. The molecule has 1 atom stereocenters. The molecule has 1 fully saturated rings. The van der Waals surface area contributed by atoms with Crippen molar-refractivity contribution in [1.29, 1.82) is 0 Å². The third kappa shape index (κ3) is 5.69. The molecule has 0 radical (unpaired) electrons. The van der Waals surface area contributed by atoms with Gasteiger partial charge in [0.05, 0.1) is 40.8 Å². The number of aromatic carboxylic acids is 1. The first-order valence-electron chi connectivity index (χ1n) is 10.3. The van der Waals surface area contributed by atoms with Gasteiger partial charge in [-0.3, -0.25) is 9.52 Å². The summed E-state index contributed by atoms with van der Waals surface area (Å²) < 4.78 is 38.1. The van der Waals surface area contributed by atoms with Crippen LogP contribution in [-0.2, 0) is 19.6 Å². The summed E-state index contributed by atoms with van der Waals surface area (Å²) in [4.78, 5) is 25.8. The van der Waals surface area contributed by atoms with Crippen molar-refractivity contribution in [3.05, 3.63) is 47.0 Å². The van der Waals surface area contributed by atoms with Gasteiger partial charge >= 0.3 is 11.9 Å². The number of hydrogen-bond acceptors (Lipinski definition) is 7. The number of nitrogens with one attached hydrogen (secondary N) is 1. The second-order valence-corrected chi connectivity index (χ2v) is 9.57. The minimum absolute atomic E-state index is 0.0764. The first kappa shape index (κ1) is 24.7. The molecule has 1 aliphatic rings. The number of anilines is 2. The Hall–Kier alpha value is -2.98. The molecular formula is C22H25ClN2O7S. The SMILES string of the molecule is CCOC(=O)[C@H]1CCCN(c2ccc(NS(=O)(=O)c3ccc(OC)c(Cl)c3)cc2C(=O)O)C1. The van der Waals surface area contributed by atoms with Crippen LogP contribution in [0.3, 0.4) is 0 Å². The van der Waals surface area contributed by atoms with Crippen LogP contribution in [0.2, 0.25) is 5.02 Å². The van der Waals surface area contributed by atoms with Gasteiger partial charge in [0, 0.05) is 18.8 Å². The van der Waals surface area contributed by atoms with E-state index in [2.05, 4.69) is 4.72 Å². The van der Waals surface area contributed by atoms with Crippen molar-refractivity contribution in [3.8, 4) is 5.75 Å². The quantitative estimate of drug-likeness (QED) is 0.531. The van der Waals surface area contributed by atoms with Crippen LogP contribution in [0.25, 0.3) is 0 Å². The van der Waals surface area contributed by atoms with Crippen LogP contribution in [-0.4, -0.2) is 52.3 Å². The fourth-order valence-corrected chi connectivity index (χ4v) is 5.12. The Morgan fingerprint density at radius 2 is 2.00 bits per heavy atom. The number of carboxylic acids is 1. The van der Waals surface area contributed by atoms with Crippen LogP contribution in [0.5, 0.6) is 5.75 Å². The third-order valence-corrected chi connectivity index (χ3v) is 6.97. The van der Waals surface area contributed by atoms with E-state index < -0.39 is 16.0 Å². The van der Waals surface area contributed by atoms with Gasteiger partial charge in [0.1, 0.15) is 5.75 Å². The fraction of sp³-hybridized carbons (Fsp3) is 0.364. The Labute approximate surface area is 197 Å². The smallest absolute Gasteiger partial charge is 0.337 e. The van der Waals surface area contributed by atoms with E-state index in [1.165, 1.54) is 43.5 Å². The highest BCUT2D eigenvalue weighted by Gasteiger charge is 2.29. The Morgan fingerprint density at radius 1 is 1.24 bits per heavy atom. The minimum atomic E-state index is -4.03. The topological polar surface area (TPSA) is 122 Å². The molecule has 0 aliphatic carbocycles. The summed E-state index contributed by atoms with van der Waals surface area (Å²) in [5, 5.41) is 9.89. The van der Waals surface area contributed by atoms with Crippen LogP contribution in [0.15, 0.2) is 41.3 Å². The van der Waals surface area contributed by atoms with E-state index >= 15 is 0 Å². The lowest BCUT2D eigenvalue weighted by molar-refractivity contribution is -0.148. The molecule has 9 nitrogen and oxygen atoms in total. The number of esters is 1. The van der Waals surface area contributed by atoms with Crippen LogP contribution >= 0.6 is 11.6 Å². The predicted molar refractivity (Wildman–Crippen MR) is 124 cm³/mol. The van der Waals surface area contributed by atoms with Gasteiger partial charge in [-0.25, -0.2) is 13.2 Å². The molecule has 2 aromatic carbocycles. The Kier molecular flexibility index (Phi) is 7.70. The molecule has 0 unspecified atom stereocenters. The van der Waals surface area contributed by atoms with Gasteiger partial charge in [-0.2, -0.15) is 0 Å². The van der Waals surface area contributed by atoms with Gasteiger partial charge in [-0.15, -0.1) is 0 Å². The van der Waals surface area contributed by atoms with Gasteiger partial charge < -0.3 is 19.5 Å². The van der Waals surface area contributed by atoms with E-state index in [-0.39, 0.29) is 39.7 Å². The number of methoxy groups -OCH3 is 1. The number of sulfonamides is 1. The number of ether oxygens (including phenoxy) is 2. The highest BCUT2D eigenvalue weighted by Crippen LogP contribution is 2.31. The summed E-state index contributed by atoms with van der Waals surface area (Å²) in [6, 6.07) is 8.29. The van der Waals surface area contributed by atoms with E-state index in [1.54, 1.807) is 6.92 Å². The number of halogens is 1. The maximum atomic E-state index is 12.8. The second kappa shape index (κ2) is 10.3. The summed E-state index contributed by atoms with van der Waals surface area (Å²) >= 11 is 6.03. The highest BCUT2D eigenvalue weighted by molar-refractivity contribution is 7.92. The molecular weight excluding hydrogens is 472 g/mol. The number of carboxylic acid groups (broad SMARTS) is 1. The van der Waals surface area contributed by atoms with Crippen LogP contribution in [0, 0.1) is 5.92 Å². The molecule has 3 rings (SSSR count). The zero-order valence-corrected chi connectivity index (χ0v) is 19.8. The normalized spacial score (nSPS) is 16.2. The van der Waals surface area contributed by atoms with E-state index in [0.717, 1.165) is 0 Å². The van der Waals surface area contributed by atoms with Crippen molar-refractivity contribution in [2.75, 3.05) is 36.4 Å². The zero-order chi connectivity index (χ0) is 24.2. The molecule has 1 saturated heterocycles. The second-order valence-electron chi connectivity index (χ2n) is 7.48. The van der Waals surface area contributed by atoms with Crippen molar-refractivity contribution < 1.29 is 32.6 Å². The number of hydrogen-bond donors (Lipinski definition) is 2. The van der Waals surface area contributed by atoms with Gasteiger partial charge in [0.25, 0.3) is 10.0 Å². The molecule has 0 spiro atoms. The van der Waals surface area contributed by atoms with E-state index in [4.69, 9.17) is 21.1 Å². The van der Waals surface area contributed by atoms with Gasteiger partial charge in [0.2, 0.25) is 0 Å². The largest absolute Gasteiger partial charge is 0.495 e. The molecule has 33 heavy (non-hydrogen) atoms. The van der Waals surface area contributed by atoms with E-state index in [9.17, 15) is 23.1 Å². The summed E-state index contributed by atoms with van der Waals surface area (Å²) in [6.07, 6.45) is 1.37. The van der Waals surface area contributed by atoms with Crippen molar-refractivity contribution in [2.24, 2.45) is 5.92 Å². The average molecular weight is 497 g/mol. The first-order valence-corrected chi connectivity index (χ1v) is 12.2. The summed E-state index contributed by atoms with van der Waals surface area (Å²) in [5.74, 6) is -1.53. The highest BCUT2D eigenvalue weighted by atomic mass is 35.5. The summed E-state index contributed by atoms with van der Waals surface area (Å²) in [5.41, 5.74) is 0.418. The van der Waals surface area contributed by atoms with E-state index in [0.29, 0.717) is 37.4 Å². The fourth-order valence-electron chi connectivity index (χ4n) is 3.72. The number of benzene rings is 2. The number of piperidine rings is 1. The van der Waals surface area contributed by atoms with Gasteiger partial charge in [-0.1, -0.05) is 11.6 Å². The van der Waals surface area contributed by atoms with Crippen LogP contribution in [0.4, 0.5) is 11.4 Å². The number of carbonyl (C=O) groups is 2. The van der Waals surface area contributed by atoms with Gasteiger partial charge in [-0.05, 0) is 56.2 Å². The van der Waals surface area contributed by atoms with Crippen LogP contribution < -0.4 is 14.4 Å². The molecule has 2 aromatic rings. The zero-order valence-electron chi connectivity index (χ0n) is 18.2. The monoisotopic (exact) mass is 496 g/mol. The molecule has 0 saturated carbocycles. The van der Waals surface area contributed by atoms with Crippen molar-refractivity contribution in [1.82, 2.24) is 0 Å². The van der Waals surface area contributed by atoms with Crippen LogP contribution in [0.1, 0.15) is 30.1 Å². The molecule has 1 heterocycles. The molecule has 2 N–H and O–H groups in total. The van der Waals surface area contributed by atoms with Crippen molar-refractivity contribution >= 4 is 44.9 Å². The maximum Gasteiger partial charge on any atom is 0.337 e. The van der Waals surface area contributed by atoms with Gasteiger partial charge in [0.15, 0.2) is 0 Å². The Morgan fingerprint density at radius 3 is 2.64 bits per heavy atom. The lowest BCUT2D eigenvalue weighted by atomic mass is 9.97. The lowest BCUT2D eigenvalue weighted by Gasteiger charge is -2.34. The molecule has 0 bridgehead atoms. The minimum Gasteiger partial charge on any atom is -0.495 e. The molecule has 1 aliphatic heterocycles. The predicted octanol–water partition coefficient (Wildman–Crippen LogP) is 3.63. The maximum absolute atomic E-state index is 12.8. The molecule has 11 heteroatoms. The number of rotatable bonds is 8. The molecule has 178 valence electrons. The van der Waals surface area contributed by atoms with Crippen molar-refractivity contribution in [3.63, 3.8) is 0 Å².